The van der Waals surface area contributed by atoms with E-state index in [4.69, 9.17) is 14.2 Å². The molecule has 4 aromatic rings. The van der Waals surface area contributed by atoms with Crippen molar-refractivity contribution < 1.29 is 28.2 Å². The number of rotatable bonds is 9. The van der Waals surface area contributed by atoms with Gasteiger partial charge in [0.2, 0.25) is 12.7 Å². The Morgan fingerprint density at radius 3 is 2.30 bits per heavy atom. The van der Waals surface area contributed by atoms with Gasteiger partial charge < -0.3 is 29.3 Å². The Bertz CT molecular complexity index is 1560. The van der Waals surface area contributed by atoms with Gasteiger partial charge in [0.15, 0.2) is 11.5 Å². The van der Waals surface area contributed by atoms with Crippen LogP contribution in [0.1, 0.15) is 22.7 Å². The quantitative estimate of drug-likeness (QED) is 0.288. The first-order chi connectivity index (χ1) is 21.0. The van der Waals surface area contributed by atoms with Crippen molar-refractivity contribution in [3.63, 3.8) is 0 Å². The monoisotopic (exact) mass is 581 g/mol. The summed E-state index contributed by atoms with van der Waals surface area (Å²) in [7, 11) is 0. The summed E-state index contributed by atoms with van der Waals surface area (Å²) in [4.78, 5) is 32.0. The molecular formula is C34H32FN3O5. The van der Waals surface area contributed by atoms with Crippen LogP contribution in [-0.4, -0.2) is 49.8 Å². The number of carbonyl (C=O) groups excluding carboxylic acids is 2. The predicted molar refractivity (Wildman–Crippen MR) is 161 cm³/mol. The first-order valence-corrected chi connectivity index (χ1v) is 14.2. The molecule has 6 rings (SSSR count). The van der Waals surface area contributed by atoms with E-state index in [0.717, 1.165) is 24.3 Å². The summed E-state index contributed by atoms with van der Waals surface area (Å²) in [5, 5.41) is 3.02. The molecule has 220 valence electrons. The maximum absolute atomic E-state index is 14.2. The summed E-state index contributed by atoms with van der Waals surface area (Å²) in [6, 6.07) is 27.2. The lowest BCUT2D eigenvalue weighted by molar-refractivity contribution is -0.139. The van der Waals surface area contributed by atoms with Crippen LogP contribution in [0.2, 0.25) is 0 Å². The number of hydrogen-bond acceptors (Lipinski definition) is 6. The number of fused-ring (bicyclic) bond motifs is 1. The van der Waals surface area contributed by atoms with Gasteiger partial charge in [-0.25, -0.2) is 4.39 Å². The minimum absolute atomic E-state index is 0.0807. The third-order valence-corrected chi connectivity index (χ3v) is 7.57. The van der Waals surface area contributed by atoms with E-state index in [-0.39, 0.29) is 37.4 Å². The van der Waals surface area contributed by atoms with Crippen molar-refractivity contribution >= 4 is 23.2 Å². The molecular weight excluding hydrogens is 549 g/mol. The number of morpholine rings is 1. The molecule has 1 N–H and O–H groups in total. The van der Waals surface area contributed by atoms with E-state index < -0.39 is 6.04 Å². The molecule has 1 atom stereocenters. The van der Waals surface area contributed by atoms with Gasteiger partial charge in [-0.2, -0.15) is 0 Å². The lowest BCUT2D eigenvalue weighted by Gasteiger charge is -2.32. The van der Waals surface area contributed by atoms with Gasteiger partial charge >= 0.3 is 0 Å². The maximum Gasteiger partial charge on any atom is 0.251 e. The Morgan fingerprint density at radius 1 is 0.837 bits per heavy atom. The lowest BCUT2D eigenvalue weighted by atomic mass is 10.0. The largest absolute Gasteiger partial charge is 0.454 e. The minimum atomic E-state index is -1.02. The Labute approximate surface area is 249 Å². The topological polar surface area (TPSA) is 80.3 Å². The molecule has 1 unspecified atom stereocenters. The summed E-state index contributed by atoms with van der Waals surface area (Å²) < 4.78 is 30.3. The number of benzene rings is 4. The second-order valence-corrected chi connectivity index (χ2v) is 10.5. The Kier molecular flexibility index (Phi) is 8.51. The fourth-order valence-electron chi connectivity index (χ4n) is 5.33. The number of ether oxygens (including phenoxy) is 3. The molecule has 4 aromatic carbocycles. The highest BCUT2D eigenvalue weighted by molar-refractivity contribution is 5.98. The second-order valence-electron chi connectivity index (χ2n) is 10.5. The minimum Gasteiger partial charge on any atom is -0.454 e. The first-order valence-electron chi connectivity index (χ1n) is 14.2. The van der Waals surface area contributed by atoms with Crippen LogP contribution in [0.25, 0.3) is 0 Å². The van der Waals surface area contributed by atoms with Crippen molar-refractivity contribution in [1.82, 2.24) is 4.90 Å². The van der Waals surface area contributed by atoms with E-state index in [1.165, 1.54) is 17.0 Å². The molecule has 2 aliphatic rings. The summed E-state index contributed by atoms with van der Waals surface area (Å²) in [5.41, 5.74) is 3.72. The molecule has 9 heteroatoms. The highest BCUT2D eigenvalue weighted by Gasteiger charge is 2.33. The third-order valence-electron chi connectivity index (χ3n) is 7.57. The molecule has 0 aliphatic carbocycles. The van der Waals surface area contributed by atoms with Crippen molar-refractivity contribution in [3.05, 3.63) is 120 Å². The molecule has 0 aromatic heterocycles. The van der Waals surface area contributed by atoms with Gasteiger partial charge in [0.1, 0.15) is 11.9 Å². The zero-order valence-electron chi connectivity index (χ0n) is 23.6. The maximum atomic E-state index is 14.2. The lowest BCUT2D eigenvalue weighted by Crippen LogP contribution is -2.41. The summed E-state index contributed by atoms with van der Waals surface area (Å²) in [5.74, 6) is 0.0544. The molecule has 0 saturated carbocycles. The van der Waals surface area contributed by atoms with Crippen molar-refractivity contribution in [2.24, 2.45) is 0 Å². The third kappa shape index (κ3) is 6.79. The summed E-state index contributed by atoms with van der Waals surface area (Å²) >= 11 is 0. The van der Waals surface area contributed by atoms with Crippen LogP contribution in [0.15, 0.2) is 97.1 Å². The normalized spacial score (nSPS) is 14.7. The van der Waals surface area contributed by atoms with Gasteiger partial charge in [-0.1, -0.05) is 48.5 Å². The average Bonchev–Trinajstić information content (AvgIpc) is 3.51. The molecule has 0 spiro atoms. The fraction of sp³-hybridized carbons (Fsp3) is 0.235. The summed E-state index contributed by atoms with van der Waals surface area (Å²) in [6.07, 6.45) is 0.0879. The molecule has 2 amide bonds. The van der Waals surface area contributed by atoms with Crippen molar-refractivity contribution in [2.45, 2.75) is 19.0 Å². The zero-order valence-corrected chi connectivity index (χ0v) is 23.6. The fourth-order valence-corrected chi connectivity index (χ4v) is 5.33. The van der Waals surface area contributed by atoms with Gasteiger partial charge in [-0.3, -0.25) is 9.59 Å². The number of carbonyl (C=O) groups is 2. The van der Waals surface area contributed by atoms with Crippen LogP contribution in [0.4, 0.5) is 15.8 Å². The van der Waals surface area contributed by atoms with E-state index in [9.17, 15) is 14.0 Å². The van der Waals surface area contributed by atoms with Crippen LogP contribution >= 0.6 is 0 Å². The SMILES string of the molecule is O=C(Nc1ccc(N2CCOCC2)cc1)C(c1ccc2c(c1)OCO2)N(Cc1ccc(F)cc1)C(=O)Cc1ccccc1. The molecule has 1 fully saturated rings. The van der Waals surface area contributed by atoms with E-state index in [0.29, 0.717) is 41.5 Å². The van der Waals surface area contributed by atoms with Crippen molar-refractivity contribution in [1.29, 1.82) is 0 Å². The first kappa shape index (κ1) is 28.2. The van der Waals surface area contributed by atoms with Gasteiger partial charge in [-0.05, 0) is 65.2 Å². The molecule has 2 heterocycles. The van der Waals surface area contributed by atoms with Crippen molar-refractivity contribution in [3.8, 4) is 11.5 Å². The van der Waals surface area contributed by atoms with Crippen LogP contribution in [0.3, 0.4) is 0 Å². The highest BCUT2D eigenvalue weighted by Crippen LogP contribution is 2.37. The van der Waals surface area contributed by atoms with Crippen LogP contribution in [0.5, 0.6) is 11.5 Å². The van der Waals surface area contributed by atoms with Gasteiger partial charge in [0.25, 0.3) is 5.91 Å². The zero-order chi connectivity index (χ0) is 29.6. The van der Waals surface area contributed by atoms with E-state index in [1.54, 1.807) is 30.3 Å². The molecule has 43 heavy (non-hydrogen) atoms. The second kappa shape index (κ2) is 13.0. The average molecular weight is 582 g/mol. The Balaban J connectivity index is 1.33. The van der Waals surface area contributed by atoms with Crippen LogP contribution in [-0.2, 0) is 27.3 Å². The van der Waals surface area contributed by atoms with Gasteiger partial charge in [0, 0.05) is 31.0 Å². The molecule has 0 radical (unpaired) electrons. The molecule has 8 nitrogen and oxygen atoms in total. The van der Waals surface area contributed by atoms with Crippen LogP contribution < -0.4 is 19.7 Å². The van der Waals surface area contributed by atoms with Crippen molar-refractivity contribution in [2.75, 3.05) is 43.3 Å². The number of halogens is 1. The number of nitrogens with one attached hydrogen (secondary N) is 1. The van der Waals surface area contributed by atoms with E-state index >= 15 is 0 Å². The van der Waals surface area contributed by atoms with Gasteiger partial charge in [0.05, 0.1) is 19.6 Å². The number of anilines is 2. The Hall–Kier alpha value is -4.89. The predicted octanol–water partition coefficient (Wildman–Crippen LogP) is 5.34. The van der Waals surface area contributed by atoms with Gasteiger partial charge in [-0.15, -0.1) is 0 Å². The van der Waals surface area contributed by atoms with E-state index in [2.05, 4.69) is 10.2 Å². The molecule has 2 aliphatic heterocycles. The number of hydrogen-bond donors (Lipinski definition) is 1. The molecule has 1 saturated heterocycles. The number of amides is 2. The van der Waals surface area contributed by atoms with E-state index in [1.807, 2.05) is 54.6 Å². The van der Waals surface area contributed by atoms with Crippen LogP contribution in [0, 0.1) is 5.82 Å². The molecule has 0 bridgehead atoms. The summed E-state index contributed by atoms with van der Waals surface area (Å²) in [6.45, 7) is 3.14. The Morgan fingerprint density at radius 2 is 1.56 bits per heavy atom. The standard InChI is InChI=1S/C34H32FN3O5/c35-27-9-6-25(7-10-27)22-38(32(39)20-24-4-2-1-3-5-24)33(26-8-15-30-31(21-26)43-23-42-30)34(40)36-28-11-13-29(14-12-28)37-16-18-41-19-17-37/h1-15,21,33H,16-20,22-23H2,(H,36,40). The number of nitrogens with zero attached hydrogens (tertiary/aromatic N) is 2. The highest BCUT2D eigenvalue weighted by atomic mass is 19.1. The smallest absolute Gasteiger partial charge is 0.251 e.